The van der Waals surface area contributed by atoms with Crippen molar-refractivity contribution in [2.24, 2.45) is 0 Å². The first-order chi connectivity index (χ1) is 12.5. The largest absolute Gasteiger partial charge is 0.478 e. The first kappa shape index (κ1) is 18.4. The van der Waals surface area contributed by atoms with Crippen molar-refractivity contribution in [1.82, 2.24) is 9.97 Å². The van der Waals surface area contributed by atoms with Crippen LogP contribution in [0.4, 0.5) is 5.69 Å². The lowest BCUT2D eigenvalue weighted by Gasteiger charge is -2.24. The number of carboxylic acids is 1. The molecule has 0 atom stereocenters. The Morgan fingerprint density at radius 3 is 2.35 bits per heavy atom. The molecular formula is C19H17Cl2N3O2. The molecule has 0 spiro atoms. The number of halogens is 2. The summed E-state index contributed by atoms with van der Waals surface area (Å²) in [6.07, 6.45) is 3.03. The number of nitrogens with zero attached hydrogens (tertiary/aromatic N) is 3. The van der Waals surface area contributed by atoms with Crippen molar-refractivity contribution in [2.45, 2.75) is 13.8 Å². The highest BCUT2D eigenvalue weighted by Crippen LogP contribution is 2.35. The Morgan fingerprint density at radius 2 is 1.77 bits per heavy atom. The van der Waals surface area contributed by atoms with Crippen LogP contribution in [-0.2, 0) is 0 Å². The third-order valence-electron chi connectivity index (χ3n) is 4.20. The number of hydrogen-bond acceptors (Lipinski definition) is 4. The van der Waals surface area contributed by atoms with E-state index in [1.807, 2.05) is 18.7 Å². The molecule has 0 aliphatic heterocycles. The van der Waals surface area contributed by atoms with Crippen LogP contribution in [0.25, 0.3) is 22.2 Å². The van der Waals surface area contributed by atoms with Crippen LogP contribution in [-0.4, -0.2) is 34.1 Å². The molecule has 0 bridgehead atoms. The van der Waals surface area contributed by atoms with Crippen LogP contribution >= 0.6 is 23.2 Å². The molecule has 2 heterocycles. The van der Waals surface area contributed by atoms with E-state index >= 15 is 0 Å². The highest BCUT2D eigenvalue weighted by atomic mass is 35.5. The molecule has 134 valence electrons. The summed E-state index contributed by atoms with van der Waals surface area (Å²) < 4.78 is 0. The zero-order valence-corrected chi connectivity index (χ0v) is 15.8. The number of fused-ring (bicyclic) bond motifs is 1. The summed E-state index contributed by atoms with van der Waals surface area (Å²) in [7, 11) is 0. The molecule has 26 heavy (non-hydrogen) atoms. The molecule has 0 aliphatic rings. The fraction of sp³-hybridized carbons (Fsp3) is 0.211. The Hall–Kier alpha value is -2.37. The third kappa shape index (κ3) is 3.32. The van der Waals surface area contributed by atoms with Gasteiger partial charge in [0.1, 0.15) is 5.56 Å². The molecule has 3 aromatic rings. The molecular weight excluding hydrogens is 373 g/mol. The first-order valence-corrected chi connectivity index (χ1v) is 8.94. The summed E-state index contributed by atoms with van der Waals surface area (Å²) in [4.78, 5) is 22.6. The molecule has 5 nitrogen and oxygen atoms in total. The van der Waals surface area contributed by atoms with Gasteiger partial charge in [-0.1, -0.05) is 23.2 Å². The lowest BCUT2D eigenvalue weighted by molar-refractivity contribution is 0.0697. The Labute approximate surface area is 161 Å². The van der Waals surface area contributed by atoms with Crippen LogP contribution in [0.2, 0.25) is 10.0 Å². The van der Waals surface area contributed by atoms with Crippen molar-refractivity contribution in [2.75, 3.05) is 18.0 Å². The molecule has 0 unspecified atom stereocenters. The standard InChI is InChI=1S/C19H17Cl2N3O2/c1-3-24(4-2)18-14-5-6-22-16(11-7-12(20)9-13(21)8-11)17(14)23-10-15(18)19(25)26/h5-10H,3-4H2,1-2H3,(H,25,26). The zero-order chi connectivity index (χ0) is 18.8. The maximum Gasteiger partial charge on any atom is 0.339 e. The van der Waals surface area contributed by atoms with Gasteiger partial charge in [0.15, 0.2) is 0 Å². The maximum atomic E-state index is 11.7. The van der Waals surface area contributed by atoms with Crippen molar-refractivity contribution in [3.8, 4) is 11.3 Å². The predicted molar refractivity (Wildman–Crippen MR) is 106 cm³/mol. The van der Waals surface area contributed by atoms with Gasteiger partial charge in [0.05, 0.1) is 16.9 Å². The maximum absolute atomic E-state index is 11.7. The van der Waals surface area contributed by atoms with E-state index < -0.39 is 5.97 Å². The minimum atomic E-state index is -1.01. The van der Waals surface area contributed by atoms with Gasteiger partial charge in [-0.15, -0.1) is 0 Å². The number of aromatic carboxylic acids is 1. The first-order valence-electron chi connectivity index (χ1n) is 8.18. The second kappa shape index (κ2) is 7.48. The normalized spacial score (nSPS) is 10.9. The van der Waals surface area contributed by atoms with E-state index in [1.54, 1.807) is 30.5 Å². The van der Waals surface area contributed by atoms with Gasteiger partial charge in [-0.05, 0) is 38.1 Å². The van der Waals surface area contributed by atoms with Gasteiger partial charge in [-0.25, -0.2) is 4.79 Å². The molecule has 1 N–H and O–H groups in total. The summed E-state index contributed by atoms with van der Waals surface area (Å²) in [5.74, 6) is -1.01. The Bertz CT molecular complexity index is 968. The molecule has 1 aromatic carbocycles. The van der Waals surface area contributed by atoms with Gasteiger partial charge in [0.25, 0.3) is 0 Å². The average Bonchev–Trinajstić information content (AvgIpc) is 2.61. The summed E-state index contributed by atoms with van der Waals surface area (Å²) in [6.45, 7) is 5.33. The van der Waals surface area contributed by atoms with E-state index in [0.29, 0.717) is 40.0 Å². The summed E-state index contributed by atoms with van der Waals surface area (Å²) >= 11 is 12.3. The van der Waals surface area contributed by atoms with Crippen molar-refractivity contribution in [3.63, 3.8) is 0 Å². The van der Waals surface area contributed by atoms with Crippen molar-refractivity contribution >= 4 is 45.8 Å². The highest BCUT2D eigenvalue weighted by molar-refractivity contribution is 6.35. The molecule has 0 amide bonds. The predicted octanol–water partition coefficient (Wildman–Crippen LogP) is 5.15. The molecule has 0 saturated heterocycles. The molecule has 0 radical (unpaired) electrons. The van der Waals surface area contributed by atoms with E-state index in [0.717, 1.165) is 10.9 Å². The third-order valence-corrected chi connectivity index (χ3v) is 4.64. The van der Waals surface area contributed by atoms with Crippen molar-refractivity contribution in [1.29, 1.82) is 0 Å². The second-order valence-corrected chi connectivity index (χ2v) is 6.58. The van der Waals surface area contributed by atoms with E-state index in [-0.39, 0.29) is 5.56 Å². The summed E-state index contributed by atoms with van der Waals surface area (Å²) in [6, 6.07) is 6.96. The van der Waals surface area contributed by atoms with Crippen LogP contribution in [0.1, 0.15) is 24.2 Å². The molecule has 7 heteroatoms. The van der Waals surface area contributed by atoms with Gasteiger partial charge in [0, 0.05) is 46.5 Å². The van der Waals surface area contributed by atoms with E-state index in [2.05, 4.69) is 9.97 Å². The number of carboxylic acid groups (broad SMARTS) is 1. The van der Waals surface area contributed by atoms with Gasteiger partial charge in [0.2, 0.25) is 0 Å². The Balaban J connectivity index is 2.35. The molecule has 0 fully saturated rings. The van der Waals surface area contributed by atoms with Crippen LogP contribution < -0.4 is 4.90 Å². The van der Waals surface area contributed by atoms with Crippen molar-refractivity contribution in [3.05, 3.63) is 52.3 Å². The number of benzene rings is 1. The smallest absolute Gasteiger partial charge is 0.339 e. The van der Waals surface area contributed by atoms with Crippen LogP contribution in [0.15, 0.2) is 36.7 Å². The number of anilines is 1. The number of pyridine rings is 2. The van der Waals surface area contributed by atoms with Crippen LogP contribution in [0.3, 0.4) is 0 Å². The lowest BCUT2D eigenvalue weighted by atomic mass is 10.0. The lowest BCUT2D eigenvalue weighted by Crippen LogP contribution is -2.24. The molecule has 2 aromatic heterocycles. The van der Waals surface area contributed by atoms with E-state index in [4.69, 9.17) is 23.2 Å². The Kier molecular flexibility index (Phi) is 5.30. The minimum absolute atomic E-state index is 0.169. The zero-order valence-electron chi connectivity index (χ0n) is 14.3. The van der Waals surface area contributed by atoms with Crippen LogP contribution in [0.5, 0.6) is 0 Å². The number of carbonyl (C=O) groups is 1. The minimum Gasteiger partial charge on any atom is -0.478 e. The quantitative estimate of drug-likeness (QED) is 0.653. The van der Waals surface area contributed by atoms with E-state index in [9.17, 15) is 9.90 Å². The summed E-state index contributed by atoms with van der Waals surface area (Å²) in [5, 5.41) is 11.3. The van der Waals surface area contributed by atoms with Crippen molar-refractivity contribution < 1.29 is 9.90 Å². The molecule has 0 saturated carbocycles. The van der Waals surface area contributed by atoms with Gasteiger partial charge >= 0.3 is 5.97 Å². The highest BCUT2D eigenvalue weighted by Gasteiger charge is 2.20. The number of hydrogen-bond donors (Lipinski definition) is 1. The van der Waals surface area contributed by atoms with Gasteiger partial charge in [-0.3, -0.25) is 9.97 Å². The number of aromatic nitrogens is 2. The topological polar surface area (TPSA) is 66.3 Å². The molecule has 3 rings (SSSR count). The van der Waals surface area contributed by atoms with Crippen LogP contribution in [0, 0.1) is 0 Å². The average molecular weight is 390 g/mol. The van der Waals surface area contributed by atoms with Gasteiger partial charge < -0.3 is 10.0 Å². The second-order valence-electron chi connectivity index (χ2n) is 5.71. The van der Waals surface area contributed by atoms with Gasteiger partial charge in [-0.2, -0.15) is 0 Å². The summed E-state index contributed by atoms with van der Waals surface area (Å²) in [5.41, 5.74) is 2.76. The SMILES string of the molecule is CCN(CC)c1c(C(=O)O)cnc2c(-c3cc(Cl)cc(Cl)c3)nccc12. The Morgan fingerprint density at radius 1 is 1.12 bits per heavy atom. The number of rotatable bonds is 5. The van der Waals surface area contributed by atoms with E-state index in [1.165, 1.54) is 6.20 Å². The fourth-order valence-corrected chi connectivity index (χ4v) is 3.58. The fourth-order valence-electron chi connectivity index (χ4n) is 3.05. The monoisotopic (exact) mass is 389 g/mol. The molecule has 0 aliphatic carbocycles.